The van der Waals surface area contributed by atoms with Crippen LogP contribution in [0.15, 0.2) is 12.3 Å². The molecule has 1 aromatic rings. The van der Waals surface area contributed by atoms with Gasteiger partial charge < -0.3 is 10.2 Å². The molecule has 80 valence electrons. The van der Waals surface area contributed by atoms with E-state index in [-0.39, 0.29) is 19.1 Å². The van der Waals surface area contributed by atoms with Gasteiger partial charge in [0.2, 0.25) is 0 Å². The van der Waals surface area contributed by atoms with Crippen molar-refractivity contribution >= 4 is 0 Å². The zero-order chi connectivity index (χ0) is 10.6. The van der Waals surface area contributed by atoms with Gasteiger partial charge in [-0.1, -0.05) is 0 Å². The molecule has 0 aromatic carbocycles. The van der Waals surface area contributed by atoms with Gasteiger partial charge >= 0.3 is 0 Å². The fraction of sp³-hybridized carbons (Fsp3) is 0.700. The van der Waals surface area contributed by atoms with Crippen LogP contribution in [0, 0.1) is 5.92 Å². The fourth-order valence-corrected chi connectivity index (χ4v) is 1.26. The van der Waals surface area contributed by atoms with Crippen molar-refractivity contribution in [1.29, 1.82) is 0 Å². The molecule has 0 bridgehead atoms. The third-order valence-electron chi connectivity index (χ3n) is 2.21. The third kappa shape index (κ3) is 2.82. The predicted molar refractivity (Wildman–Crippen MR) is 54.0 cm³/mol. The number of aliphatic hydroxyl groups is 2. The van der Waals surface area contributed by atoms with Crippen molar-refractivity contribution in [3.05, 3.63) is 18.0 Å². The van der Waals surface area contributed by atoms with Crippen LogP contribution >= 0.6 is 0 Å². The fourth-order valence-electron chi connectivity index (χ4n) is 1.26. The summed E-state index contributed by atoms with van der Waals surface area (Å²) < 4.78 is 1.88. The zero-order valence-corrected chi connectivity index (χ0v) is 8.72. The molecule has 1 rings (SSSR count). The van der Waals surface area contributed by atoms with Crippen molar-refractivity contribution in [2.75, 3.05) is 13.2 Å². The number of hydrogen-bond acceptors (Lipinski definition) is 3. The first-order valence-electron chi connectivity index (χ1n) is 4.93. The number of aliphatic hydroxyl groups excluding tert-OH is 2. The molecule has 0 spiro atoms. The van der Waals surface area contributed by atoms with E-state index in [1.165, 1.54) is 0 Å². The van der Waals surface area contributed by atoms with Crippen molar-refractivity contribution in [2.24, 2.45) is 5.92 Å². The largest absolute Gasteiger partial charge is 0.396 e. The first-order chi connectivity index (χ1) is 6.67. The van der Waals surface area contributed by atoms with Crippen LogP contribution < -0.4 is 0 Å². The number of nitrogens with zero attached hydrogens (tertiary/aromatic N) is 2. The number of hydrogen-bond donors (Lipinski definition) is 2. The van der Waals surface area contributed by atoms with Crippen LogP contribution in [0.3, 0.4) is 0 Å². The van der Waals surface area contributed by atoms with E-state index in [0.29, 0.717) is 12.5 Å². The van der Waals surface area contributed by atoms with E-state index in [2.05, 4.69) is 18.9 Å². The average molecular weight is 198 g/mol. The molecule has 4 nitrogen and oxygen atoms in total. The van der Waals surface area contributed by atoms with Gasteiger partial charge in [-0.25, -0.2) is 0 Å². The Morgan fingerprint density at radius 2 is 2.00 bits per heavy atom. The maximum atomic E-state index is 8.91. The second-order valence-corrected chi connectivity index (χ2v) is 3.82. The van der Waals surface area contributed by atoms with Crippen molar-refractivity contribution in [2.45, 2.75) is 26.3 Å². The molecular weight excluding hydrogens is 180 g/mol. The smallest absolute Gasteiger partial charge is 0.0629 e. The van der Waals surface area contributed by atoms with Crippen LogP contribution in [0.1, 0.15) is 25.6 Å². The predicted octanol–water partition coefficient (Wildman–Crippen LogP) is 0.607. The Hall–Kier alpha value is -0.870. The Balaban J connectivity index is 2.58. The Labute approximate surface area is 84.2 Å². The summed E-state index contributed by atoms with van der Waals surface area (Å²) in [6.07, 6.45) is 2.55. The minimum absolute atomic E-state index is 0.00500. The summed E-state index contributed by atoms with van der Waals surface area (Å²) in [5.74, 6) is -0.0921. The SMILES string of the molecule is CC(C)n1ccc(CC(CO)CO)n1. The van der Waals surface area contributed by atoms with Crippen LogP contribution in [0.2, 0.25) is 0 Å². The van der Waals surface area contributed by atoms with E-state index in [4.69, 9.17) is 10.2 Å². The van der Waals surface area contributed by atoms with Gasteiger partial charge in [0.1, 0.15) is 0 Å². The Morgan fingerprint density at radius 3 is 2.43 bits per heavy atom. The van der Waals surface area contributed by atoms with Gasteiger partial charge in [-0.2, -0.15) is 5.10 Å². The summed E-state index contributed by atoms with van der Waals surface area (Å²) in [4.78, 5) is 0. The molecule has 14 heavy (non-hydrogen) atoms. The lowest BCUT2D eigenvalue weighted by Gasteiger charge is -2.08. The maximum absolute atomic E-state index is 8.91. The molecule has 2 N–H and O–H groups in total. The minimum Gasteiger partial charge on any atom is -0.396 e. The number of rotatable bonds is 5. The summed E-state index contributed by atoms with van der Waals surface area (Å²) >= 11 is 0. The van der Waals surface area contributed by atoms with Gasteiger partial charge in [0.25, 0.3) is 0 Å². The molecule has 4 heteroatoms. The van der Waals surface area contributed by atoms with Gasteiger partial charge in [0, 0.05) is 31.4 Å². The molecule has 0 fully saturated rings. The van der Waals surface area contributed by atoms with E-state index < -0.39 is 0 Å². The first kappa shape index (κ1) is 11.2. The van der Waals surface area contributed by atoms with Crippen LogP contribution in [0.25, 0.3) is 0 Å². The highest BCUT2D eigenvalue weighted by molar-refractivity contribution is 5.00. The van der Waals surface area contributed by atoms with Crippen LogP contribution in [0.5, 0.6) is 0 Å². The molecule has 0 aliphatic rings. The second kappa shape index (κ2) is 5.12. The molecule has 0 unspecified atom stereocenters. The summed E-state index contributed by atoms with van der Waals surface area (Å²) in [6.45, 7) is 4.13. The Bertz CT molecular complexity index is 267. The summed E-state index contributed by atoms with van der Waals surface area (Å²) in [5.41, 5.74) is 0.923. The molecule has 0 saturated carbocycles. The quantitative estimate of drug-likeness (QED) is 0.728. The van der Waals surface area contributed by atoms with Crippen molar-refractivity contribution in [3.63, 3.8) is 0 Å². The standard InChI is InChI=1S/C10H18N2O2/c1-8(2)12-4-3-10(11-12)5-9(6-13)7-14/h3-4,8-9,13-14H,5-7H2,1-2H3. The molecule has 0 aliphatic heterocycles. The highest BCUT2D eigenvalue weighted by Crippen LogP contribution is 2.08. The lowest BCUT2D eigenvalue weighted by atomic mass is 10.1. The van der Waals surface area contributed by atoms with E-state index in [1.54, 1.807) is 0 Å². The van der Waals surface area contributed by atoms with Crippen LogP contribution in [-0.2, 0) is 6.42 Å². The topological polar surface area (TPSA) is 58.3 Å². The van der Waals surface area contributed by atoms with Gasteiger partial charge in [0.05, 0.1) is 5.69 Å². The molecule has 1 aromatic heterocycles. The third-order valence-corrected chi connectivity index (χ3v) is 2.21. The van der Waals surface area contributed by atoms with Gasteiger partial charge in [-0.15, -0.1) is 0 Å². The van der Waals surface area contributed by atoms with Crippen LogP contribution in [-0.4, -0.2) is 33.2 Å². The Kier molecular flexibility index (Phi) is 4.10. The summed E-state index contributed by atoms with van der Waals surface area (Å²) in [5, 5.41) is 22.2. The second-order valence-electron chi connectivity index (χ2n) is 3.82. The van der Waals surface area contributed by atoms with Gasteiger partial charge in [-0.05, 0) is 26.3 Å². The lowest BCUT2D eigenvalue weighted by Crippen LogP contribution is -2.14. The highest BCUT2D eigenvalue weighted by atomic mass is 16.3. The van der Waals surface area contributed by atoms with Gasteiger partial charge in [-0.3, -0.25) is 4.68 Å². The van der Waals surface area contributed by atoms with E-state index in [9.17, 15) is 0 Å². The molecule has 0 saturated heterocycles. The number of aromatic nitrogens is 2. The van der Waals surface area contributed by atoms with E-state index in [1.807, 2.05) is 16.9 Å². The first-order valence-corrected chi connectivity index (χ1v) is 4.93. The maximum Gasteiger partial charge on any atom is 0.0629 e. The molecule has 0 atom stereocenters. The van der Waals surface area contributed by atoms with E-state index >= 15 is 0 Å². The monoisotopic (exact) mass is 198 g/mol. The lowest BCUT2D eigenvalue weighted by molar-refractivity contribution is 0.149. The molecule has 1 heterocycles. The van der Waals surface area contributed by atoms with Gasteiger partial charge in [0.15, 0.2) is 0 Å². The van der Waals surface area contributed by atoms with Crippen molar-refractivity contribution < 1.29 is 10.2 Å². The minimum atomic E-state index is -0.0921. The molecular formula is C10H18N2O2. The zero-order valence-electron chi connectivity index (χ0n) is 8.72. The normalized spacial score (nSPS) is 11.6. The molecule has 0 amide bonds. The van der Waals surface area contributed by atoms with Crippen LogP contribution in [0.4, 0.5) is 0 Å². The average Bonchev–Trinajstić information content (AvgIpc) is 2.62. The molecule has 0 aliphatic carbocycles. The summed E-state index contributed by atoms with van der Waals surface area (Å²) in [7, 11) is 0. The van der Waals surface area contributed by atoms with E-state index in [0.717, 1.165) is 5.69 Å². The molecule has 0 radical (unpaired) electrons. The summed E-state index contributed by atoms with van der Waals surface area (Å²) in [6, 6.07) is 2.28. The van der Waals surface area contributed by atoms with Crippen molar-refractivity contribution in [3.8, 4) is 0 Å². The highest BCUT2D eigenvalue weighted by Gasteiger charge is 2.09. The van der Waals surface area contributed by atoms with Crippen molar-refractivity contribution in [1.82, 2.24) is 9.78 Å². The Morgan fingerprint density at radius 1 is 1.36 bits per heavy atom.